The lowest BCUT2D eigenvalue weighted by Gasteiger charge is -2.56. The third-order valence-electron chi connectivity index (χ3n) is 6.49. The number of anilines is 1. The number of carbonyl (C=O) groups excluding carboxylic acids is 1. The lowest BCUT2D eigenvalue weighted by Crippen LogP contribution is -2.68. The number of β-lactam (4-membered cyclic amide) rings is 1. The van der Waals surface area contributed by atoms with Crippen molar-refractivity contribution >= 4 is 11.6 Å². The minimum Gasteiger partial charge on any atom is -0.306 e. The predicted octanol–water partition coefficient (Wildman–Crippen LogP) is 3.43. The van der Waals surface area contributed by atoms with E-state index in [1.807, 2.05) is 18.2 Å². The molecule has 0 atom stereocenters. The van der Waals surface area contributed by atoms with Crippen molar-refractivity contribution in [3.8, 4) is 0 Å². The molecule has 2 heterocycles. The number of likely N-dealkylation sites (tertiary alicyclic amines) is 1. The van der Waals surface area contributed by atoms with Gasteiger partial charge in [0, 0.05) is 24.8 Å². The summed E-state index contributed by atoms with van der Waals surface area (Å²) in [6.45, 7) is 2.21. The van der Waals surface area contributed by atoms with E-state index < -0.39 is 0 Å². The number of rotatable bonds is 2. The molecule has 0 radical (unpaired) electrons. The monoisotopic (exact) mass is 332 g/mol. The molecule has 1 aliphatic carbocycles. The first kappa shape index (κ1) is 15.2. The van der Waals surface area contributed by atoms with Crippen molar-refractivity contribution in [2.75, 3.05) is 18.0 Å². The molecule has 0 N–H and O–H groups in total. The Kier molecular flexibility index (Phi) is 3.46. The topological polar surface area (TPSA) is 23.6 Å². The molecule has 5 rings (SSSR count). The van der Waals surface area contributed by atoms with Crippen LogP contribution in [0.25, 0.3) is 0 Å². The first-order valence-electron chi connectivity index (χ1n) is 9.44. The van der Waals surface area contributed by atoms with Gasteiger partial charge in [-0.15, -0.1) is 0 Å². The van der Waals surface area contributed by atoms with Gasteiger partial charge in [0.25, 0.3) is 0 Å². The number of amides is 1. The first-order chi connectivity index (χ1) is 12.3. The van der Waals surface area contributed by atoms with Crippen LogP contribution in [0, 0.1) is 0 Å². The van der Waals surface area contributed by atoms with Gasteiger partial charge in [-0.2, -0.15) is 0 Å². The van der Waals surface area contributed by atoms with Crippen LogP contribution in [0.1, 0.15) is 30.4 Å². The Morgan fingerprint density at radius 2 is 1.44 bits per heavy atom. The highest BCUT2D eigenvalue weighted by molar-refractivity contribution is 6.02. The standard InChI is InChI=1S/C22H24N2O/c25-21-16-22(24(21)19-8-2-1-3-9-19)10-12-23(13-11-22)20-14-17-6-4-5-7-18(17)15-20/h1-9,20H,10-16H2. The van der Waals surface area contributed by atoms with Crippen molar-refractivity contribution in [2.24, 2.45) is 0 Å². The lowest BCUT2D eigenvalue weighted by atomic mass is 9.75. The highest BCUT2D eigenvalue weighted by Crippen LogP contribution is 2.44. The Labute approximate surface area is 149 Å². The summed E-state index contributed by atoms with van der Waals surface area (Å²) in [4.78, 5) is 17.0. The van der Waals surface area contributed by atoms with Crippen LogP contribution in [0.5, 0.6) is 0 Å². The molecule has 0 aromatic heterocycles. The fraction of sp³-hybridized carbons (Fsp3) is 0.409. The summed E-state index contributed by atoms with van der Waals surface area (Å²) < 4.78 is 0. The van der Waals surface area contributed by atoms with Crippen molar-refractivity contribution in [3.05, 3.63) is 65.7 Å². The maximum absolute atomic E-state index is 12.3. The van der Waals surface area contributed by atoms with E-state index in [1.165, 1.54) is 24.0 Å². The molecule has 0 saturated carbocycles. The van der Waals surface area contributed by atoms with Gasteiger partial charge >= 0.3 is 0 Å². The molecule has 3 aliphatic rings. The lowest BCUT2D eigenvalue weighted by molar-refractivity contribution is -0.129. The van der Waals surface area contributed by atoms with Crippen LogP contribution in [0.15, 0.2) is 54.6 Å². The number of fused-ring (bicyclic) bond motifs is 1. The van der Waals surface area contributed by atoms with Gasteiger partial charge in [0.2, 0.25) is 5.91 Å². The molecular weight excluding hydrogens is 308 g/mol. The third kappa shape index (κ3) is 2.41. The fourth-order valence-corrected chi connectivity index (χ4v) is 5.11. The average molecular weight is 332 g/mol. The number of nitrogens with zero attached hydrogens (tertiary/aromatic N) is 2. The van der Waals surface area contributed by atoms with Crippen molar-refractivity contribution < 1.29 is 4.79 Å². The SMILES string of the molecule is O=C1CC2(CCN(C3Cc4ccccc4C3)CC2)N1c1ccccc1. The van der Waals surface area contributed by atoms with E-state index in [4.69, 9.17) is 0 Å². The average Bonchev–Trinajstić information content (AvgIpc) is 3.07. The molecule has 3 heteroatoms. The molecule has 128 valence electrons. The van der Waals surface area contributed by atoms with Crippen LogP contribution >= 0.6 is 0 Å². The van der Waals surface area contributed by atoms with Gasteiger partial charge in [0.1, 0.15) is 0 Å². The summed E-state index contributed by atoms with van der Waals surface area (Å²) >= 11 is 0. The third-order valence-corrected chi connectivity index (χ3v) is 6.49. The zero-order valence-electron chi connectivity index (χ0n) is 14.5. The van der Waals surface area contributed by atoms with E-state index in [2.05, 4.69) is 46.2 Å². The van der Waals surface area contributed by atoms with Gasteiger partial charge in [-0.1, -0.05) is 42.5 Å². The Morgan fingerprint density at radius 1 is 0.840 bits per heavy atom. The number of hydrogen-bond acceptors (Lipinski definition) is 2. The summed E-state index contributed by atoms with van der Waals surface area (Å²) in [5.41, 5.74) is 4.19. The molecule has 2 aromatic carbocycles. The molecule has 1 spiro atoms. The zero-order valence-corrected chi connectivity index (χ0v) is 14.5. The minimum atomic E-state index is 0.0698. The second kappa shape index (κ2) is 5.70. The number of hydrogen-bond donors (Lipinski definition) is 0. The zero-order chi connectivity index (χ0) is 16.9. The Morgan fingerprint density at radius 3 is 2.04 bits per heavy atom. The molecular formula is C22H24N2O. The van der Waals surface area contributed by atoms with E-state index >= 15 is 0 Å². The van der Waals surface area contributed by atoms with Gasteiger partial charge in [-0.3, -0.25) is 9.69 Å². The van der Waals surface area contributed by atoms with Crippen molar-refractivity contribution in [1.29, 1.82) is 0 Å². The Balaban J connectivity index is 1.28. The van der Waals surface area contributed by atoms with Crippen LogP contribution < -0.4 is 4.90 Å². The van der Waals surface area contributed by atoms with E-state index in [0.717, 1.165) is 38.0 Å². The number of benzene rings is 2. The van der Waals surface area contributed by atoms with E-state index in [9.17, 15) is 4.79 Å². The summed E-state index contributed by atoms with van der Waals surface area (Å²) in [6.07, 6.45) is 5.29. The molecule has 0 bridgehead atoms. The van der Waals surface area contributed by atoms with Crippen LogP contribution in [-0.2, 0) is 17.6 Å². The smallest absolute Gasteiger partial charge is 0.229 e. The highest BCUT2D eigenvalue weighted by atomic mass is 16.2. The Hall–Kier alpha value is -2.13. The van der Waals surface area contributed by atoms with Gasteiger partial charge in [0.05, 0.1) is 12.0 Å². The van der Waals surface area contributed by atoms with Crippen molar-refractivity contribution in [3.63, 3.8) is 0 Å². The second-order valence-electron chi connectivity index (χ2n) is 7.83. The van der Waals surface area contributed by atoms with E-state index in [1.54, 1.807) is 0 Å². The Bertz CT molecular complexity index is 768. The van der Waals surface area contributed by atoms with Crippen LogP contribution in [-0.4, -0.2) is 35.5 Å². The van der Waals surface area contributed by atoms with E-state index in [-0.39, 0.29) is 11.4 Å². The summed E-state index contributed by atoms with van der Waals surface area (Å²) in [6, 6.07) is 19.7. The van der Waals surface area contributed by atoms with E-state index in [0.29, 0.717) is 6.04 Å². The van der Waals surface area contributed by atoms with Gasteiger partial charge < -0.3 is 4.90 Å². The maximum Gasteiger partial charge on any atom is 0.229 e. The summed E-state index contributed by atoms with van der Waals surface area (Å²) in [5, 5.41) is 0. The molecule has 25 heavy (non-hydrogen) atoms. The fourth-order valence-electron chi connectivity index (χ4n) is 5.11. The second-order valence-corrected chi connectivity index (χ2v) is 7.83. The normalized spacial score (nSPS) is 22.9. The van der Waals surface area contributed by atoms with Crippen LogP contribution in [0.3, 0.4) is 0 Å². The van der Waals surface area contributed by atoms with Gasteiger partial charge in [0.15, 0.2) is 0 Å². The molecule has 2 fully saturated rings. The van der Waals surface area contributed by atoms with Gasteiger partial charge in [-0.25, -0.2) is 0 Å². The summed E-state index contributed by atoms with van der Waals surface area (Å²) in [5.74, 6) is 0.285. The molecule has 1 amide bonds. The molecule has 0 unspecified atom stereocenters. The van der Waals surface area contributed by atoms with Gasteiger partial charge in [-0.05, 0) is 48.9 Å². The maximum atomic E-state index is 12.3. The molecule has 2 aliphatic heterocycles. The van der Waals surface area contributed by atoms with Crippen LogP contribution in [0.4, 0.5) is 5.69 Å². The quantitative estimate of drug-likeness (QED) is 0.787. The highest BCUT2D eigenvalue weighted by Gasteiger charge is 2.53. The minimum absolute atomic E-state index is 0.0698. The largest absolute Gasteiger partial charge is 0.306 e. The first-order valence-corrected chi connectivity index (χ1v) is 9.44. The van der Waals surface area contributed by atoms with Crippen LogP contribution in [0.2, 0.25) is 0 Å². The predicted molar refractivity (Wildman–Crippen MR) is 99.7 cm³/mol. The molecule has 3 nitrogen and oxygen atoms in total. The van der Waals surface area contributed by atoms with Crippen molar-refractivity contribution in [1.82, 2.24) is 4.90 Å². The summed E-state index contributed by atoms with van der Waals surface area (Å²) in [7, 11) is 0. The van der Waals surface area contributed by atoms with Crippen molar-refractivity contribution in [2.45, 2.75) is 43.7 Å². The molecule has 2 aromatic rings. The number of piperidine rings is 1. The molecule has 2 saturated heterocycles. The number of para-hydroxylation sites is 1. The number of carbonyl (C=O) groups is 1.